The monoisotopic (exact) mass is 336 g/mol. The minimum Gasteiger partial charge on any atom is -0.379 e. The highest BCUT2D eigenvalue weighted by atomic mass is 28.2. The maximum absolute atomic E-state index is 13.0. The Hall–Kier alpha value is -0.893. The smallest absolute Gasteiger partial charge is 0.261 e. The molecule has 0 fully saturated rings. The molecule has 0 aliphatic heterocycles. The van der Waals surface area contributed by atoms with Crippen molar-refractivity contribution in [1.29, 1.82) is 0 Å². The predicted octanol–water partition coefficient (Wildman–Crippen LogP) is 3.30. The minimum atomic E-state index is -1.41. The first-order valence-electron chi connectivity index (χ1n) is 7.56. The molecule has 0 bridgehead atoms. The number of benzene rings is 1. The van der Waals surface area contributed by atoms with Gasteiger partial charge >= 0.3 is 0 Å². The summed E-state index contributed by atoms with van der Waals surface area (Å²) in [6.45, 7) is 4.22. The molecule has 0 spiro atoms. The number of unbranched alkanes of at least 4 members (excludes halogenated alkanes) is 1. The molecule has 126 valence electrons. The highest BCUT2D eigenvalue weighted by molar-refractivity contribution is 6.27. The normalized spacial score (nSPS) is 11.9. The van der Waals surface area contributed by atoms with Gasteiger partial charge in [0.15, 0.2) is 27.2 Å². The van der Waals surface area contributed by atoms with Crippen LogP contribution in [-0.2, 0) is 20.3 Å². The Morgan fingerprint density at radius 3 is 2.14 bits per heavy atom. The Morgan fingerprint density at radius 2 is 1.59 bits per heavy atom. The summed E-state index contributed by atoms with van der Waals surface area (Å²) in [4.78, 5) is 0. The number of aryl methyl sites for hydroxylation is 1. The molecule has 0 saturated carbocycles. The number of halogens is 3. The maximum Gasteiger partial charge on any atom is 0.261 e. The molecule has 0 saturated heterocycles. The molecule has 0 unspecified atom stereocenters. The van der Waals surface area contributed by atoms with Crippen LogP contribution in [0.3, 0.4) is 0 Å². The van der Waals surface area contributed by atoms with Gasteiger partial charge in [0, 0.05) is 13.2 Å². The van der Waals surface area contributed by atoms with Gasteiger partial charge < -0.3 is 13.9 Å². The van der Waals surface area contributed by atoms with E-state index in [2.05, 4.69) is 0 Å². The molecule has 1 aromatic rings. The Balaban J connectivity index is 2.20. The van der Waals surface area contributed by atoms with Crippen LogP contribution in [0.25, 0.3) is 0 Å². The second-order valence-electron chi connectivity index (χ2n) is 4.75. The van der Waals surface area contributed by atoms with Crippen LogP contribution in [0.4, 0.5) is 13.2 Å². The average Bonchev–Trinajstić information content (AvgIpc) is 2.48. The Morgan fingerprint density at radius 1 is 1.00 bits per heavy atom. The van der Waals surface area contributed by atoms with Gasteiger partial charge in [0.25, 0.3) is 6.48 Å². The second kappa shape index (κ2) is 10.8. The van der Waals surface area contributed by atoms with Crippen molar-refractivity contribution in [1.82, 2.24) is 0 Å². The van der Waals surface area contributed by atoms with Crippen molar-refractivity contribution in [2.75, 3.05) is 13.2 Å². The Labute approximate surface area is 131 Å². The summed E-state index contributed by atoms with van der Waals surface area (Å²) >= 11 is 0. The minimum absolute atomic E-state index is 0.473. The van der Waals surface area contributed by atoms with Gasteiger partial charge in [0.1, 0.15) is 0 Å². The highest BCUT2D eigenvalue weighted by Gasteiger charge is 2.10. The van der Waals surface area contributed by atoms with E-state index in [0.29, 0.717) is 25.2 Å². The quantitative estimate of drug-likeness (QED) is 0.269. The third kappa shape index (κ3) is 6.91. The van der Waals surface area contributed by atoms with E-state index in [1.165, 1.54) is 0 Å². The van der Waals surface area contributed by atoms with Crippen LogP contribution in [0.15, 0.2) is 12.1 Å². The summed E-state index contributed by atoms with van der Waals surface area (Å²) in [7, 11) is -0.757. The van der Waals surface area contributed by atoms with E-state index in [4.69, 9.17) is 13.9 Å². The summed E-state index contributed by atoms with van der Waals surface area (Å²) in [5.41, 5.74) is 0.473. The van der Waals surface area contributed by atoms with Gasteiger partial charge in [-0.3, -0.25) is 0 Å². The van der Waals surface area contributed by atoms with Gasteiger partial charge in [-0.15, -0.1) is 0 Å². The fraction of sp³-hybridized carbons (Fsp3) is 0.600. The molecule has 1 aromatic carbocycles. The fourth-order valence-corrected chi connectivity index (χ4v) is 3.07. The molecular formula is C15H23F3O3Si. The van der Waals surface area contributed by atoms with E-state index < -0.39 is 33.7 Å². The number of hydrogen-bond donors (Lipinski definition) is 0. The van der Waals surface area contributed by atoms with E-state index in [-0.39, 0.29) is 0 Å². The van der Waals surface area contributed by atoms with E-state index >= 15 is 0 Å². The molecule has 1 rings (SSSR count). The van der Waals surface area contributed by atoms with Crippen LogP contribution >= 0.6 is 0 Å². The van der Waals surface area contributed by atoms with Crippen molar-refractivity contribution in [2.24, 2.45) is 0 Å². The van der Waals surface area contributed by atoms with E-state index in [0.717, 1.165) is 31.0 Å². The molecule has 0 amide bonds. The van der Waals surface area contributed by atoms with Crippen molar-refractivity contribution in [3.05, 3.63) is 35.1 Å². The van der Waals surface area contributed by atoms with Crippen molar-refractivity contribution in [2.45, 2.75) is 45.6 Å². The van der Waals surface area contributed by atoms with Crippen LogP contribution in [0, 0.1) is 17.5 Å². The molecular weight excluding hydrogens is 313 g/mol. The molecule has 0 atom stereocenters. The first-order valence-corrected chi connectivity index (χ1v) is 9.14. The van der Waals surface area contributed by atoms with Crippen LogP contribution in [0.2, 0.25) is 6.04 Å². The van der Waals surface area contributed by atoms with Crippen LogP contribution in [0.5, 0.6) is 0 Å². The van der Waals surface area contributed by atoms with Gasteiger partial charge in [0.05, 0.1) is 0 Å². The zero-order valence-electron chi connectivity index (χ0n) is 13.0. The Kier molecular flexibility index (Phi) is 9.38. The Bertz CT molecular complexity index is 417. The van der Waals surface area contributed by atoms with E-state index in [1.807, 2.05) is 13.8 Å². The van der Waals surface area contributed by atoms with Gasteiger partial charge in [-0.05, 0) is 50.4 Å². The molecule has 0 aromatic heterocycles. The van der Waals surface area contributed by atoms with Crippen LogP contribution < -0.4 is 0 Å². The standard InChI is InChI=1S/C15H23F3O3Si/c1-3-19-15(20-4-2)21-22-8-6-5-7-11-9-12(16)14(18)13(17)10-11/h9-10,15H,3-8,22H2,1-2H3. The van der Waals surface area contributed by atoms with E-state index in [9.17, 15) is 13.2 Å². The predicted molar refractivity (Wildman–Crippen MR) is 80.7 cm³/mol. The first kappa shape index (κ1) is 19.2. The van der Waals surface area contributed by atoms with Gasteiger partial charge in [-0.2, -0.15) is 0 Å². The lowest BCUT2D eigenvalue weighted by molar-refractivity contribution is -0.243. The van der Waals surface area contributed by atoms with Crippen LogP contribution in [0.1, 0.15) is 32.3 Å². The second-order valence-corrected chi connectivity index (χ2v) is 6.20. The largest absolute Gasteiger partial charge is 0.379 e. The molecule has 0 N–H and O–H groups in total. The van der Waals surface area contributed by atoms with Gasteiger partial charge in [0.2, 0.25) is 0 Å². The number of ether oxygens (including phenoxy) is 2. The summed E-state index contributed by atoms with van der Waals surface area (Å²) < 4.78 is 55.0. The van der Waals surface area contributed by atoms with Crippen molar-refractivity contribution < 1.29 is 27.1 Å². The summed E-state index contributed by atoms with van der Waals surface area (Å²) in [6, 6.07) is 3.02. The molecule has 0 heterocycles. The van der Waals surface area contributed by atoms with Crippen molar-refractivity contribution >= 4 is 9.76 Å². The number of rotatable bonds is 11. The van der Waals surface area contributed by atoms with Gasteiger partial charge in [-0.1, -0.05) is 6.42 Å². The SMILES string of the molecule is CCOC(OCC)O[SiH2]CCCCc1cc(F)c(F)c(F)c1. The lowest BCUT2D eigenvalue weighted by Gasteiger charge is -2.17. The maximum atomic E-state index is 13.0. The zero-order valence-corrected chi connectivity index (χ0v) is 14.5. The summed E-state index contributed by atoms with van der Waals surface area (Å²) in [5, 5.41) is 0. The molecule has 0 aliphatic carbocycles. The molecule has 0 aliphatic rings. The summed E-state index contributed by atoms with van der Waals surface area (Å²) in [6.07, 6.45) is 2.18. The van der Waals surface area contributed by atoms with E-state index in [1.54, 1.807) is 0 Å². The van der Waals surface area contributed by atoms with Crippen LogP contribution in [-0.4, -0.2) is 29.5 Å². The molecule has 3 nitrogen and oxygen atoms in total. The lowest BCUT2D eigenvalue weighted by Crippen LogP contribution is -2.22. The lowest BCUT2D eigenvalue weighted by atomic mass is 10.1. The summed E-state index contributed by atoms with van der Waals surface area (Å²) in [5.74, 6) is -3.68. The fourth-order valence-electron chi connectivity index (χ4n) is 1.96. The first-order chi connectivity index (χ1) is 10.6. The topological polar surface area (TPSA) is 27.7 Å². The third-order valence-electron chi connectivity index (χ3n) is 3.01. The molecule has 7 heteroatoms. The number of hydrogen-bond acceptors (Lipinski definition) is 3. The van der Waals surface area contributed by atoms with Crippen molar-refractivity contribution in [3.8, 4) is 0 Å². The average molecular weight is 336 g/mol. The van der Waals surface area contributed by atoms with Gasteiger partial charge in [-0.25, -0.2) is 13.2 Å². The third-order valence-corrected chi connectivity index (χ3v) is 4.31. The molecule has 0 radical (unpaired) electrons. The highest BCUT2D eigenvalue weighted by Crippen LogP contribution is 2.15. The zero-order chi connectivity index (χ0) is 16.4. The van der Waals surface area contributed by atoms with Crippen molar-refractivity contribution in [3.63, 3.8) is 0 Å². The molecule has 22 heavy (non-hydrogen) atoms.